The molecule has 0 spiro atoms. The van der Waals surface area contributed by atoms with Gasteiger partial charge in [0.15, 0.2) is 0 Å². The van der Waals surface area contributed by atoms with Gasteiger partial charge in [0.2, 0.25) is 0 Å². The van der Waals surface area contributed by atoms with E-state index in [2.05, 4.69) is 4.98 Å². The van der Waals surface area contributed by atoms with E-state index in [0.29, 0.717) is 0 Å². The second-order valence-electron chi connectivity index (χ2n) is 4.83. The van der Waals surface area contributed by atoms with Crippen LogP contribution in [0.25, 0.3) is 10.9 Å². The zero-order valence-electron chi connectivity index (χ0n) is 9.76. The highest BCUT2D eigenvalue weighted by atomic mass is 16.5. The van der Waals surface area contributed by atoms with Gasteiger partial charge < -0.3 is 9.84 Å². The molecular weight excluding hydrogens is 214 g/mol. The van der Waals surface area contributed by atoms with Crippen LogP contribution in [0.2, 0.25) is 0 Å². The van der Waals surface area contributed by atoms with E-state index in [0.717, 1.165) is 29.5 Å². The number of para-hydroxylation sites is 1. The van der Waals surface area contributed by atoms with Gasteiger partial charge in [-0.25, -0.2) is 0 Å². The Morgan fingerprint density at radius 3 is 2.88 bits per heavy atom. The van der Waals surface area contributed by atoms with Gasteiger partial charge in [-0.2, -0.15) is 0 Å². The van der Waals surface area contributed by atoms with E-state index in [1.54, 1.807) is 6.20 Å². The minimum Gasteiger partial charge on any atom is -0.485 e. The first-order valence-electron chi connectivity index (χ1n) is 5.90. The highest BCUT2D eigenvalue weighted by Crippen LogP contribution is 2.36. The van der Waals surface area contributed by atoms with E-state index >= 15 is 0 Å². The van der Waals surface area contributed by atoms with Crippen molar-refractivity contribution in [3.8, 4) is 5.75 Å². The third-order valence-electron chi connectivity index (χ3n) is 3.47. The lowest BCUT2D eigenvalue weighted by atomic mass is 9.78. The molecule has 2 atom stereocenters. The summed E-state index contributed by atoms with van der Waals surface area (Å²) < 4.78 is 5.87. The zero-order chi connectivity index (χ0) is 11.9. The molecular formula is C14H15NO2. The van der Waals surface area contributed by atoms with Gasteiger partial charge in [0.1, 0.15) is 17.4 Å². The zero-order valence-corrected chi connectivity index (χ0v) is 9.76. The Bertz CT molecular complexity index is 545. The van der Waals surface area contributed by atoms with Crippen molar-refractivity contribution in [1.82, 2.24) is 4.98 Å². The summed E-state index contributed by atoms with van der Waals surface area (Å²) in [5, 5.41) is 11.0. The predicted molar refractivity (Wildman–Crippen MR) is 66.0 cm³/mol. The lowest BCUT2D eigenvalue weighted by Gasteiger charge is -2.42. The average molecular weight is 229 g/mol. The molecule has 2 aromatic rings. The summed E-state index contributed by atoms with van der Waals surface area (Å²) in [7, 11) is 0. The Hall–Kier alpha value is -1.61. The SMILES string of the molecule is C[C@]1(O)CC[C@@H]1Oc1cccc2cccnc12. The van der Waals surface area contributed by atoms with Gasteiger partial charge in [0.05, 0.1) is 5.60 Å². The van der Waals surface area contributed by atoms with Crippen LogP contribution in [-0.2, 0) is 0 Å². The predicted octanol–water partition coefficient (Wildman–Crippen LogP) is 2.53. The Morgan fingerprint density at radius 1 is 1.35 bits per heavy atom. The van der Waals surface area contributed by atoms with Crippen LogP contribution in [0.1, 0.15) is 19.8 Å². The summed E-state index contributed by atoms with van der Waals surface area (Å²) in [4.78, 5) is 4.33. The third-order valence-corrected chi connectivity index (χ3v) is 3.47. The molecule has 1 aromatic heterocycles. The molecule has 1 aliphatic rings. The minimum atomic E-state index is -0.697. The molecule has 0 amide bonds. The number of aromatic nitrogens is 1. The molecule has 1 saturated carbocycles. The van der Waals surface area contributed by atoms with E-state index in [1.165, 1.54) is 0 Å². The number of rotatable bonds is 2. The largest absolute Gasteiger partial charge is 0.485 e. The van der Waals surface area contributed by atoms with E-state index in [9.17, 15) is 5.11 Å². The topological polar surface area (TPSA) is 42.4 Å². The standard InChI is InChI=1S/C14H15NO2/c1-14(16)8-7-12(14)17-11-6-2-4-10-5-3-9-15-13(10)11/h2-6,9,12,16H,7-8H2,1H3/t12-,14-/m0/s1. The van der Waals surface area contributed by atoms with Crippen molar-refractivity contribution in [3.05, 3.63) is 36.5 Å². The number of hydrogen-bond acceptors (Lipinski definition) is 3. The van der Waals surface area contributed by atoms with Crippen LogP contribution >= 0.6 is 0 Å². The van der Waals surface area contributed by atoms with E-state index in [-0.39, 0.29) is 6.10 Å². The highest BCUT2D eigenvalue weighted by molar-refractivity contribution is 5.84. The molecule has 1 aliphatic carbocycles. The van der Waals surface area contributed by atoms with Gasteiger partial charge in [-0.3, -0.25) is 4.98 Å². The Balaban J connectivity index is 1.95. The second-order valence-corrected chi connectivity index (χ2v) is 4.83. The Morgan fingerprint density at radius 2 is 2.18 bits per heavy atom. The van der Waals surface area contributed by atoms with E-state index in [1.807, 2.05) is 37.3 Å². The van der Waals surface area contributed by atoms with Crippen LogP contribution < -0.4 is 4.74 Å². The average Bonchev–Trinajstić information content (AvgIpc) is 2.35. The highest BCUT2D eigenvalue weighted by Gasteiger charge is 2.43. The molecule has 0 saturated heterocycles. The molecule has 0 bridgehead atoms. The number of benzene rings is 1. The fourth-order valence-corrected chi connectivity index (χ4v) is 2.19. The van der Waals surface area contributed by atoms with Crippen molar-refractivity contribution in [3.63, 3.8) is 0 Å². The maximum Gasteiger partial charge on any atom is 0.146 e. The molecule has 0 unspecified atom stereocenters. The van der Waals surface area contributed by atoms with Gasteiger partial charge >= 0.3 is 0 Å². The van der Waals surface area contributed by atoms with Crippen LogP contribution in [0.5, 0.6) is 5.75 Å². The van der Waals surface area contributed by atoms with Crippen LogP contribution in [0.15, 0.2) is 36.5 Å². The molecule has 0 aliphatic heterocycles. The van der Waals surface area contributed by atoms with Crippen LogP contribution in [0.4, 0.5) is 0 Å². The number of ether oxygens (including phenoxy) is 1. The number of pyridine rings is 1. The van der Waals surface area contributed by atoms with Gasteiger partial charge in [0, 0.05) is 11.6 Å². The van der Waals surface area contributed by atoms with Gasteiger partial charge in [-0.15, -0.1) is 0 Å². The molecule has 3 nitrogen and oxygen atoms in total. The van der Waals surface area contributed by atoms with Crippen molar-refractivity contribution >= 4 is 10.9 Å². The lowest BCUT2D eigenvalue weighted by Crippen LogP contribution is -2.52. The normalized spacial score (nSPS) is 27.8. The third kappa shape index (κ3) is 1.76. The fourth-order valence-electron chi connectivity index (χ4n) is 2.19. The Kier molecular flexibility index (Phi) is 2.30. The molecule has 17 heavy (non-hydrogen) atoms. The van der Waals surface area contributed by atoms with Crippen molar-refractivity contribution in [1.29, 1.82) is 0 Å². The minimum absolute atomic E-state index is 0.116. The molecule has 1 heterocycles. The van der Waals surface area contributed by atoms with Crippen LogP contribution in [0, 0.1) is 0 Å². The summed E-state index contributed by atoms with van der Waals surface area (Å²) in [6, 6.07) is 9.78. The second kappa shape index (κ2) is 3.70. The quantitative estimate of drug-likeness (QED) is 0.860. The maximum absolute atomic E-state index is 9.96. The summed E-state index contributed by atoms with van der Waals surface area (Å²) in [6.45, 7) is 1.82. The van der Waals surface area contributed by atoms with Crippen LogP contribution in [-0.4, -0.2) is 21.8 Å². The van der Waals surface area contributed by atoms with Crippen LogP contribution in [0.3, 0.4) is 0 Å². The van der Waals surface area contributed by atoms with E-state index < -0.39 is 5.60 Å². The molecule has 1 N–H and O–H groups in total. The van der Waals surface area contributed by atoms with Crippen molar-refractivity contribution < 1.29 is 9.84 Å². The molecule has 3 rings (SSSR count). The fraction of sp³-hybridized carbons (Fsp3) is 0.357. The molecule has 1 fully saturated rings. The molecule has 1 aromatic carbocycles. The smallest absolute Gasteiger partial charge is 0.146 e. The summed E-state index contributed by atoms with van der Waals surface area (Å²) in [5.41, 5.74) is 0.162. The first kappa shape index (κ1) is 10.5. The van der Waals surface area contributed by atoms with E-state index in [4.69, 9.17) is 4.74 Å². The number of nitrogens with zero attached hydrogens (tertiary/aromatic N) is 1. The number of hydrogen-bond donors (Lipinski definition) is 1. The van der Waals surface area contributed by atoms with Gasteiger partial charge in [-0.1, -0.05) is 18.2 Å². The summed E-state index contributed by atoms with van der Waals surface area (Å²) in [6.07, 6.45) is 3.34. The number of fused-ring (bicyclic) bond motifs is 1. The molecule has 3 heteroatoms. The number of aliphatic hydroxyl groups is 1. The van der Waals surface area contributed by atoms with Crippen molar-refractivity contribution in [2.75, 3.05) is 0 Å². The summed E-state index contributed by atoms with van der Waals surface area (Å²) >= 11 is 0. The van der Waals surface area contributed by atoms with Gasteiger partial charge in [0.25, 0.3) is 0 Å². The lowest BCUT2D eigenvalue weighted by molar-refractivity contribution is -0.117. The Labute approximate surface area is 100 Å². The van der Waals surface area contributed by atoms with Gasteiger partial charge in [-0.05, 0) is 31.9 Å². The molecule has 88 valence electrons. The monoisotopic (exact) mass is 229 g/mol. The van der Waals surface area contributed by atoms with Crippen molar-refractivity contribution in [2.45, 2.75) is 31.5 Å². The van der Waals surface area contributed by atoms with Crippen molar-refractivity contribution in [2.24, 2.45) is 0 Å². The first-order chi connectivity index (χ1) is 8.17. The maximum atomic E-state index is 9.96. The molecule has 0 radical (unpaired) electrons. The summed E-state index contributed by atoms with van der Waals surface area (Å²) in [5.74, 6) is 0.757. The first-order valence-corrected chi connectivity index (χ1v) is 5.90.